The molecule has 3 atom stereocenters. The number of rotatable bonds is 3. The van der Waals surface area contributed by atoms with Crippen LogP contribution in [0.4, 0.5) is 0 Å². The first-order valence-electron chi connectivity index (χ1n) is 5.57. The highest BCUT2D eigenvalue weighted by Gasteiger charge is 2.58. The summed E-state index contributed by atoms with van der Waals surface area (Å²) < 4.78 is 5.66. The van der Waals surface area contributed by atoms with E-state index in [0.29, 0.717) is 30.1 Å². The average Bonchev–Trinajstić information content (AvgIpc) is 2.85. The number of benzene rings is 1. The standard InChI is InChI=1S/C13H14O2/c14-12-7-6-10-11(13(10)12)8-15-9-4-2-1-3-5-9/h1-5,10-11,13H,6-8H2/t10-,11+,13-/m0/s1. The molecule has 78 valence electrons. The minimum absolute atomic E-state index is 0.341. The van der Waals surface area contributed by atoms with Gasteiger partial charge in [0.2, 0.25) is 0 Å². The monoisotopic (exact) mass is 202 g/mol. The van der Waals surface area contributed by atoms with Crippen molar-refractivity contribution in [1.29, 1.82) is 0 Å². The summed E-state index contributed by atoms with van der Waals surface area (Å²) in [5.41, 5.74) is 0. The molecule has 0 radical (unpaired) electrons. The fraction of sp³-hybridized carbons (Fsp3) is 0.462. The van der Waals surface area contributed by atoms with Gasteiger partial charge >= 0.3 is 0 Å². The molecule has 0 unspecified atom stereocenters. The Morgan fingerprint density at radius 1 is 1.27 bits per heavy atom. The maximum absolute atomic E-state index is 11.4. The van der Waals surface area contributed by atoms with Crippen LogP contribution in [0.15, 0.2) is 30.3 Å². The molecule has 2 saturated carbocycles. The minimum atomic E-state index is 0.341. The van der Waals surface area contributed by atoms with E-state index in [2.05, 4.69) is 0 Å². The molecule has 0 aliphatic heterocycles. The van der Waals surface area contributed by atoms with E-state index in [1.54, 1.807) is 0 Å². The number of para-hydroxylation sites is 1. The molecule has 0 spiro atoms. The van der Waals surface area contributed by atoms with E-state index in [0.717, 1.165) is 18.6 Å². The molecule has 0 N–H and O–H groups in total. The van der Waals surface area contributed by atoms with Gasteiger partial charge in [0.1, 0.15) is 11.5 Å². The molecule has 3 rings (SSSR count). The lowest BCUT2D eigenvalue weighted by Crippen LogP contribution is -2.07. The molecule has 0 bridgehead atoms. The van der Waals surface area contributed by atoms with Gasteiger partial charge in [-0.25, -0.2) is 0 Å². The topological polar surface area (TPSA) is 26.3 Å². The molecule has 0 heterocycles. The molecule has 15 heavy (non-hydrogen) atoms. The Balaban J connectivity index is 1.55. The summed E-state index contributed by atoms with van der Waals surface area (Å²) >= 11 is 0. The van der Waals surface area contributed by atoms with Gasteiger partial charge in [0.25, 0.3) is 0 Å². The molecule has 1 aromatic rings. The second kappa shape index (κ2) is 3.37. The highest BCUT2D eigenvalue weighted by Crippen LogP contribution is 2.55. The smallest absolute Gasteiger partial charge is 0.136 e. The Hall–Kier alpha value is -1.31. The summed E-state index contributed by atoms with van der Waals surface area (Å²) in [6.07, 6.45) is 1.89. The molecule has 2 aliphatic rings. The summed E-state index contributed by atoms with van der Waals surface area (Å²) in [5.74, 6) is 2.86. The number of ketones is 1. The lowest BCUT2D eigenvalue weighted by molar-refractivity contribution is -0.119. The third-order valence-electron chi connectivity index (χ3n) is 3.61. The van der Waals surface area contributed by atoms with E-state index < -0.39 is 0 Å². The van der Waals surface area contributed by atoms with Crippen LogP contribution < -0.4 is 4.74 Å². The molecule has 2 fully saturated rings. The molecule has 0 saturated heterocycles. The summed E-state index contributed by atoms with van der Waals surface area (Å²) in [5, 5.41) is 0. The van der Waals surface area contributed by atoms with Crippen molar-refractivity contribution >= 4 is 5.78 Å². The van der Waals surface area contributed by atoms with Crippen molar-refractivity contribution in [3.05, 3.63) is 30.3 Å². The van der Waals surface area contributed by atoms with Crippen LogP contribution in [0, 0.1) is 17.8 Å². The van der Waals surface area contributed by atoms with Crippen molar-refractivity contribution in [2.45, 2.75) is 12.8 Å². The quantitative estimate of drug-likeness (QED) is 0.751. The zero-order chi connectivity index (χ0) is 10.3. The van der Waals surface area contributed by atoms with Gasteiger partial charge in [-0.05, 0) is 24.5 Å². The van der Waals surface area contributed by atoms with Gasteiger partial charge in [0, 0.05) is 18.3 Å². The Labute approximate surface area is 89.2 Å². The lowest BCUT2D eigenvalue weighted by Gasteiger charge is -2.06. The molecular formula is C13H14O2. The Morgan fingerprint density at radius 3 is 2.73 bits per heavy atom. The third-order valence-corrected chi connectivity index (χ3v) is 3.61. The van der Waals surface area contributed by atoms with Gasteiger partial charge in [-0.3, -0.25) is 4.79 Å². The van der Waals surface area contributed by atoms with Crippen LogP contribution in [0.2, 0.25) is 0 Å². The summed E-state index contributed by atoms with van der Waals surface area (Å²) in [7, 11) is 0. The number of hydrogen-bond donors (Lipinski definition) is 0. The molecular weight excluding hydrogens is 188 g/mol. The number of carbonyl (C=O) groups is 1. The van der Waals surface area contributed by atoms with Gasteiger partial charge in [-0.1, -0.05) is 18.2 Å². The SMILES string of the molecule is O=C1CC[C@H]2[C@@H](COc3ccccc3)[C@@H]12. The Kier molecular flexibility index (Phi) is 2.01. The number of fused-ring (bicyclic) bond motifs is 1. The molecule has 1 aromatic carbocycles. The van der Waals surface area contributed by atoms with Crippen molar-refractivity contribution in [1.82, 2.24) is 0 Å². The van der Waals surface area contributed by atoms with Crippen molar-refractivity contribution < 1.29 is 9.53 Å². The molecule has 2 heteroatoms. The first-order valence-corrected chi connectivity index (χ1v) is 5.57. The maximum atomic E-state index is 11.4. The maximum Gasteiger partial charge on any atom is 0.136 e. The fourth-order valence-corrected chi connectivity index (χ4v) is 2.73. The highest BCUT2D eigenvalue weighted by atomic mass is 16.5. The van der Waals surface area contributed by atoms with Crippen LogP contribution in [0.5, 0.6) is 5.75 Å². The molecule has 0 amide bonds. The van der Waals surface area contributed by atoms with Crippen molar-refractivity contribution in [2.75, 3.05) is 6.61 Å². The van der Waals surface area contributed by atoms with E-state index in [1.165, 1.54) is 0 Å². The van der Waals surface area contributed by atoms with Gasteiger partial charge in [0.05, 0.1) is 6.61 Å². The largest absolute Gasteiger partial charge is 0.493 e. The first kappa shape index (κ1) is 8.96. The zero-order valence-corrected chi connectivity index (χ0v) is 8.56. The van der Waals surface area contributed by atoms with Crippen LogP contribution >= 0.6 is 0 Å². The van der Waals surface area contributed by atoms with E-state index in [4.69, 9.17) is 4.74 Å². The van der Waals surface area contributed by atoms with Crippen molar-refractivity contribution in [2.24, 2.45) is 17.8 Å². The number of hydrogen-bond acceptors (Lipinski definition) is 2. The van der Waals surface area contributed by atoms with Crippen LogP contribution in [0.1, 0.15) is 12.8 Å². The van der Waals surface area contributed by atoms with E-state index in [1.807, 2.05) is 30.3 Å². The predicted octanol–water partition coefficient (Wildman–Crippen LogP) is 2.29. The van der Waals surface area contributed by atoms with Crippen LogP contribution in [-0.4, -0.2) is 12.4 Å². The Bertz CT molecular complexity index is 371. The predicted molar refractivity (Wildman–Crippen MR) is 56.6 cm³/mol. The fourth-order valence-electron chi connectivity index (χ4n) is 2.73. The zero-order valence-electron chi connectivity index (χ0n) is 8.56. The van der Waals surface area contributed by atoms with Gasteiger partial charge in [-0.2, -0.15) is 0 Å². The number of Topliss-reactive ketones (excluding diaryl/α,β-unsaturated/α-hetero) is 1. The molecule has 0 aromatic heterocycles. The van der Waals surface area contributed by atoms with E-state index >= 15 is 0 Å². The summed E-state index contributed by atoms with van der Waals surface area (Å²) in [6, 6.07) is 9.82. The van der Waals surface area contributed by atoms with Gasteiger partial charge in [-0.15, -0.1) is 0 Å². The Morgan fingerprint density at radius 2 is 2.07 bits per heavy atom. The highest BCUT2D eigenvalue weighted by molar-refractivity contribution is 5.87. The average molecular weight is 202 g/mol. The second-order valence-corrected chi connectivity index (χ2v) is 4.48. The number of ether oxygens (including phenoxy) is 1. The van der Waals surface area contributed by atoms with E-state index in [-0.39, 0.29) is 0 Å². The van der Waals surface area contributed by atoms with Gasteiger partial charge in [0.15, 0.2) is 0 Å². The summed E-state index contributed by atoms with van der Waals surface area (Å²) in [6.45, 7) is 0.713. The van der Waals surface area contributed by atoms with Crippen LogP contribution in [0.3, 0.4) is 0 Å². The van der Waals surface area contributed by atoms with E-state index in [9.17, 15) is 4.79 Å². The number of carbonyl (C=O) groups excluding carboxylic acids is 1. The van der Waals surface area contributed by atoms with Crippen LogP contribution in [-0.2, 0) is 4.79 Å². The van der Waals surface area contributed by atoms with Crippen LogP contribution in [0.25, 0.3) is 0 Å². The normalized spacial score (nSPS) is 32.5. The summed E-state index contributed by atoms with van der Waals surface area (Å²) in [4.78, 5) is 11.4. The first-order chi connectivity index (χ1) is 7.36. The van der Waals surface area contributed by atoms with Crippen molar-refractivity contribution in [3.63, 3.8) is 0 Å². The lowest BCUT2D eigenvalue weighted by atomic mass is 10.1. The van der Waals surface area contributed by atoms with Crippen molar-refractivity contribution in [3.8, 4) is 5.75 Å². The van der Waals surface area contributed by atoms with Gasteiger partial charge < -0.3 is 4.74 Å². The molecule has 2 nitrogen and oxygen atoms in total. The third kappa shape index (κ3) is 1.54. The second-order valence-electron chi connectivity index (χ2n) is 4.48. The molecule has 2 aliphatic carbocycles. The minimum Gasteiger partial charge on any atom is -0.493 e.